The van der Waals surface area contributed by atoms with Crippen molar-refractivity contribution in [3.05, 3.63) is 12.2 Å². The Bertz CT molecular complexity index is 1140. The molecule has 2 unspecified atom stereocenters. The van der Waals surface area contributed by atoms with Crippen LogP contribution in [0.4, 0.5) is 0 Å². The lowest BCUT2D eigenvalue weighted by Crippen LogP contribution is -2.55. The average molecular weight is 977 g/mol. The average Bonchev–Trinajstić information content (AvgIpc) is 3.31. The first-order valence-corrected chi connectivity index (χ1v) is 30.2. The van der Waals surface area contributed by atoms with Crippen LogP contribution in [0, 0.1) is 0 Å². The Morgan fingerprint density at radius 2 is 0.725 bits per heavy atom. The van der Waals surface area contributed by atoms with E-state index in [0.29, 0.717) is 12.8 Å². The Balaban J connectivity index is 4.10. The van der Waals surface area contributed by atoms with Gasteiger partial charge in [-0.2, -0.15) is 0 Å². The van der Waals surface area contributed by atoms with Gasteiger partial charge >= 0.3 is 11.9 Å². The zero-order valence-electron chi connectivity index (χ0n) is 46.8. The summed E-state index contributed by atoms with van der Waals surface area (Å²) < 4.78 is 17.3. The number of aliphatic carboxylic acids is 1. The van der Waals surface area contributed by atoms with Crippen LogP contribution in [0.1, 0.15) is 309 Å². The molecule has 0 bridgehead atoms. The summed E-state index contributed by atoms with van der Waals surface area (Å²) in [5.41, 5.74) is 0. The fourth-order valence-corrected chi connectivity index (χ4v) is 9.48. The number of carboxylic acid groups (broad SMARTS) is 1. The van der Waals surface area contributed by atoms with Gasteiger partial charge in [0, 0.05) is 19.3 Å². The van der Waals surface area contributed by atoms with Crippen LogP contribution in [-0.2, 0) is 28.6 Å². The Hall–Kier alpha value is -1.93. The molecule has 0 rings (SSSR count). The van der Waals surface area contributed by atoms with Crippen molar-refractivity contribution >= 4 is 17.9 Å². The first-order valence-electron chi connectivity index (χ1n) is 30.2. The van der Waals surface area contributed by atoms with Gasteiger partial charge in [-0.3, -0.25) is 9.59 Å². The Morgan fingerprint density at radius 3 is 1.04 bits per heavy atom. The zero-order valence-corrected chi connectivity index (χ0v) is 46.8. The van der Waals surface area contributed by atoms with Crippen LogP contribution in [0.2, 0.25) is 0 Å². The van der Waals surface area contributed by atoms with Crippen molar-refractivity contribution < 1.29 is 38.2 Å². The van der Waals surface area contributed by atoms with Crippen molar-refractivity contribution in [3.8, 4) is 0 Å². The molecule has 0 aliphatic heterocycles. The summed E-state index contributed by atoms with van der Waals surface area (Å²) >= 11 is 0. The second-order valence-corrected chi connectivity index (χ2v) is 21.9. The van der Waals surface area contributed by atoms with Crippen molar-refractivity contribution in [1.82, 2.24) is 0 Å². The van der Waals surface area contributed by atoms with Gasteiger partial charge in [0.1, 0.15) is 12.6 Å². The third-order valence-electron chi connectivity index (χ3n) is 14.2. The largest absolute Gasteiger partial charge is 0.544 e. The summed E-state index contributed by atoms with van der Waals surface area (Å²) in [6.07, 6.45) is 61.2. The Morgan fingerprint density at radius 1 is 0.420 bits per heavy atom. The summed E-state index contributed by atoms with van der Waals surface area (Å²) in [6, 6.07) is -0.724. The molecule has 0 aliphatic rings. The third-order valence-corrected chi connectivity index (χ3v) is 14.2. The second-order valence-electron chi connectivity index (χ2n) is 21.9. The van der Waals surface area contributed by atoms with Gasteiger partial charge in [-0.25, -0.2) is 0 Å². The van der Waals surface area contributed by atoms with E-state index in [1.165, 1.54) is 238 Å². The lowest BCUT2D eigenvalue weighted by atomic mass is 10.0. The van der Waals surface area contributed by atoms with Gasteiger partial charge in [0.15, 0.2) is 6.10 Å². The van der Waals surface area contributed by atoms with E-state index in [0.717, 1.165) is 38.5 Å². The number of allylic oxidation sites excluding steroid dienone is 2. The highest BCUT2D eigenvalue weighted by Gasteiger charge is 2.25. The van der Waals surface area contributed by atoms with Crippen LogP contribution >= 0.6 is 0 Å². The summed E-state index contributed by atoms with van der Waals surface area (Å²) in [7, 11) is 5.44. The number of hydrogen-bond acceptors (Lipinski definition) is 7. The topological polar surface area (TPSA) is 102 Å². The van der Waals surface area contributed by atoms with E-state index in [2.05, 4.69) is 26.0 Å². The summed E-state index contributed by atoms with van der Waals surface area (Å²) in [4.78, 5) is 37.2. The number of nitrogens with zero attached hydrogens (tertiary/aromatic N) is 1. The van der Waals surface area contributed by atoms with Crippen LogP contribution in [0.5, 0.6) is 0 Å². The van der Waals surface area contributed by atoms with E-state index in [4.69, 9.17) is 14.2 Å². The quantitative estimate of drug-likeness (QED) is 0.0259. The summed E-state index contributed by atoms with van der Waals surface area (Å²) in [5, 5.41) is 11.7. The number of rotatable bonds is 56. The fourth-order valence-electron chi connectivity index (χ4n) is 9.48. The zero-order chi connectivity index (χ0) is 50.6. The number of quaternary nitrogens is 1. The van der Waals surface area contributed by atoms with E-state index < -0.39 is 18.1 Å². The number of carboxylic acids is 1. The van der Waals surface area contributed by atoms with Crippen LogP contribution in [-0.4, -0.2) is 75.5 Å². The van der Waals surface area contributed by atoms with Crippen molar-refractivity contribution in [3.63, 3.8) is 0 Å². The lowest BCUT2D eigenvalue weighted by molar-refractivity contribution is -0.889. The van der Waals surface area contributed by atoms with Gasteiger partial charge in [0.2, 0.25) is 0 Å². The molecule has 0 spiro atoms. The molecule has 0 saturated heterocycles. The molecule has 0 aromatic rings. The molecule has 0 amide bonds. The number of carbonyl (C=O) groups excluding carboxylic acids is 3. The number of hydrogen-bond donors (Lipinski definition) is 0. The molecule has 69 heavy (non-hydrogen) atoms. The standard InChI is InChI=1S/C61H117NO7/c1-6-8-10-12-14-16-18-20-22-24-26-28-30-32-33-35-37-39-41-43-45-47-49-51-59(63)68-56-57(55-67-54-53-58(61(65)66)62(3,4)5)69-60(64)52-50-48-46-44-42-40-38-36-34-31-29-27-25-23-21-19-17-15-13-11-9-7-2/h31,34,57-58H,6-30,32-33,35-56H2,1-5H3/b34-31+. The number of esters is 2. The van der Waals surface area contributed by atoms with E-state index in [9.17, 15) is 19.5 Å². The number of unbranched alkanes of at least 4 members (excludes halogenated alkanes) is 40. The summed E-state index contributed by atoms with van der Waals surface area (Å²) in [5.74, 6) is -1.71. The van der Waals surface area contributed by atoms with E-state index in [1.807, 2.05) is 21.1 Å². The lowest BCUT2D eigenvalue weighted by Gasteiger charge is -2.34. The number of carbonyl (C=O) groups is 3. The normalized spacial score (nSPS) is 12.8. The van der Waals surface area contributed by atoms with E-state index in [1.54, 1.807) is 0 Å². The molecule has 0 aliphatic carbocycles. The molecular formula is C61H117NO7. The van der Waals surface area contributed by atoms with Gasteiger partial charge in [0.05, 0.1) is 40.3 Å². The molecule has 0 fully saturated rings. The van der Waals surface area contributed by atoms with Crippen molar-refractivity contribution in [2.75, 3.05) is 41.0 Å². The maximum atomic E-state index is 12.8. The predicted octanol–water partition coefficient (Wildman–Crippen LogP) is 16.8. The first-order chi connectivity index (χ1) is 33.6. The van der Waals surface area contributed by atoms with E-state index in [-0.39, 0.29) is 42.7 Å². The Labute approximate surface area is 429 Å². The van der Waals surface area contributed by atoms with Gasteiger partial charge in [-0.05, 0) is 38.5 Å². The minimum atomic E-state index is -1.12. The number of ether oxygens (including phenoxy) is 3. The maximum absolute atomic E-state index is 12.8. The maximum Gasteiger partial charge on any atom is 0.306 e. The molecule has 0 aromatic carbocycles. The van der Waals surface area contributed by atoms with Gasteiger partial charge < -0.3 is 28.6 Å². The molecular weight excluding hydrogens is 859 g/mol. The molecule has 0 heterocycles. The first kappa shape index (κ1) is 67.1. The monoisotopic (exact) mass is 976 g/mol. The molecule has 408 valence electrons. The highest BCUT2D eigenvalue weighted by atomic mass is 16.6. The second kappa shape index (κ2) is 52.4. The smallest absolute Gasteiger partial charge is 0.306 e. The third kappa shape index (κ3) is 50.8. The van der Waals surface area contributed by atoms with Crippen LogP contribution in [0.25, 0.3) is 0 Å². The molecule has 0 radical (unpaired) electrons. The fraction of sp³-hybridized carbons (Fsp3) is 0.918. The minimum absolute atomic E-state index is 0.0456. The van der Waals surface area contributed by atoms with Crippen molar-refractivity contribution in [1.29, 1.82) is 0 Å². The van der Waals surface area contributed by atoms with Gasteiger partial charge in [-0.1, -0.05) is 264 Å². The summed E-state index contributed by atoms with van der Waals surface area (Å²) in [6.45, 7) is 4.73. The van der Waals surface area contributed by atoms with Crippen molar-refractivity contribution in [2.24, 2.45) is 0 Å². The molecule has 2 atom stereocenters. The van der Waals surface area contributed by atoms with Crippen molar-refractivity contribution in [2.45, 2.75) is 321 Å². The van der Waals surface area contributed by atoms with Gasteiger partial charge in [-0.15, -0.1) is 0 Å². The van der Waals surface area contributed by atoms with Crippen LogP contribution in [0.3, 0.4) is 0 Å². The molecule has 8 nitrogen and oxygen atoms in total. The Kier molecular flexibility index (Phi) is 50.9. The van der Waals surface area contributed by atoms with E-state index >= 15 is 0 Å². The number of likely N-dealkylation sites (N-methyl/N-ethyl adjacent to an activating group) is 1. The highest BCUT2D eigenvalue weighted by Crippen LogP contribution is 2.18. The van der Waals surface area contributed by atoms with Gasteiger partial charge in [0.25, 0.3) is 0 Å². The molecule has 0 saturated carbocycles. The predicted molar refractivity (Wildman–Crippen MR) is 291 cm³/mol. The minimum Gasteiger partial charge on any atom is -0.544 e. The molecule has 8 heteroatoms. The molecule has 0 N–H and O–H groups in total. The van der Waals surface area contributed by atoms with Crippen LogP contribution < -0.4 is 5.11 Å². The highest BCUT2D eigenvalue weighted by molar-refractivity contribution is 5.70. The molecule has 0 aromatic heterocycles. The van der Waals surface area contributed by atoms with Crippen LogP contribution in [0.15, 0.2) is 12.2 Å². The SMILES string of the molecule is CCCCCCCCCCCCC/C=C/CCCCCCCCCC(=O)OC(COCCC(C(=O)[O-])[N+](C)(C)C)COC(=O)CCCCCCCCCCCCCCCCCCCCCCCCC.